The first-order chi connectivity index (χ1) is 10.2. The zero-order chi connectivity index (χ0) is 14.8. The van der Waals surface area contributed by atoms with Gasteiger partial charge in [-0.1, -0.05) is 0 Å². The van der Waals surface area contributed by atoms with Crippen LogP contribution in [0.15, 0.2) is 18.3 Å². The van der Waals surface area contributed by atoms with E-state index >= 15 is 0 Å². The van der Waals surface area contributed by atoms with Crippen LogP contribution in [0.2, 0.25) is 0 Å². The molecule has 1 aliphatic heterocycles. The van der Waals surface area contributed by atoms with E-state index in [4.69, 9.17) is 5.26 Å². The maximum Gasteiger partial charge on any atom is 0.225 e. The third kappa shape index (κ3) is 2.99. The van der Waals surface area contributed by atoms with Gasteiger partial charge < -0.3 is 9.80 Å². The predicted molar refractivity (Wildman–Crippen MR) is 79.7 cm³/mol. The summed E-state index contributed by atoms with van der Waals surface area (Å²) in [7, 11) is 1.93. The summed E-state index contributed by atoms with van der Waals surface area (Å²) >= 11 is 0. The van der Waals surface area contributed by atoms with Crippen molar-refractivity contribution >= 4 is 11.7 Å². The van der Waals surface area contributed by atoms with Crippen LogP contribution in [0.4, 0.5) is 5.82 Å². The van der Waals surface area contributed by atoms with E-state index in [1.807, 2.05) is 18.0 Å². The normalized spacial score (nSPS) is 21.7. The van der Waals surface area contributed by atoms with Crippen LogP contribution in [0.1, 0.15) is 31.2 Å². The minimum absolute atomic E-state index is 0.268. The molecule has 2 fully saturated rings. The second kappa shape index (κ2) is 5.72. The summed E-state index contributed by atoms with van der Waals surface area (Å²) < 4.78 is 0. The molecule has 2 aliphatic rings. The van der Waals surface area contributed by atoms with Crippen molar-refractivity contribution in [2.45, 2.75) is 31.7 Å². The molecule has 0 radical (unpaired) electrons. The molecule has 1 aromatic heterocycles. The third-order valence-electron chi connectivity index (χ3n) is 4.42. The number of carbonyl (C=O) groups is 1. The van der Waals surface area contributed by atoms with E-state index in [-0.39, 0.29) is 12.0 Å². The van der Waals surface area contributed by atoms with Crippen molar-refractivity contribution in [3.63, 3.8) is 0 Å². The van der Waals surface area contributed by atoms with Gasteiger partial charge in [-0.05, 0) is 37.8 Å². The van der Waals surface area contributed by atoms with Gasteiger partial charge in [0.2, 0.25) is 5.91 Å². The molecular formula is C16H20N4O. The molecule has 1 aliphatic carbocycles. The Morgan fingerprint density at radius 2 is 2.24 bits per heavy atom. The first kappa shape index (κ1) is 13.9. The number of aromatic nitrogens is 1. The predicted octanol–water partition coefficient (Wildman–Crippen LogP) is 1.79. The van der Waals surface area contributed by atoms with Crippen LogP contribution in [-0.2, 0) is 4.79 Å². The van der Waals surface area contributed by atoms with Crippen molar-refractivity contribution in [1.82, 2.24) is 9.88 Å². The second-order valence-electron chi connectivity index (χ2n) is 5.98. The third-order valence-corrected chi connectivity index (χ3v) is 4.42. The van der Waals surface area contributed by atoms with Crippen molar-refractivity contribution in [3.8, 4) is 6.07 Å². The van der Waals surface area contributed by atoms with E-state index < -0.39 is 0 Å². The van der Waals surface area contributed by atoms with E-state index in [0.717, 1.165) is 44.6 Å². The fourth-order valence-corrected chi connectivity index (χ4v) is 2.92. The van der Waals surface area contributed by atoms with E-state index in [1.54, 1.807) is 12.3 Å². The zero-order valence-electron chi connectivity index (χ0n) is 12.3. The van der Waals surface area contributed by atoms with Crippen molar-refractivity contribution in [1.29, 1.82) is 5.26 Å². The fourth-order valence-electron chi connectivity index (χ4n) is 2.92. The Morgan fingerprint density at radius 1 is 1.43 bits per heavy atom. The van der Waals surface area contributed by atoms with Gasteiger partial charge in [-0.25, -0.2) is 4.98 Å². The minimum Gasteiger partial charge on any atom is -0.355 e. The first-order valence-corrected chi connectivity index (χ1v) is 7.57. The molecule has 0 bridgehead atoms. The molecule has 1 atom stereocenters. The number of carbonyl (C=O) groups excluding carboxylic acids is 1. The van der Waals surface area contributed by atoms with Crippen molar-refractivity contribution in [2.24, 2.45) is 5.92 Å². The Balaban J connectivity index is 1.67. The second-order valence-corrected chi connectivity index (χ2v) is 5.98. The van der Waals surface area contributed by atoms with E-state index in [9.17, 15) is 4.79 Å². The molecule has 1 saturated heterocycles. The van der Waals surface area contributed by atoms with Gasteiger partial charge in [0.25, 0.3) is 0 Å². The molecule has 1 aromatic rings. The van der Waals surface area contributed by atoms with E-state index in [2.05, 4.69) is 16.0 Å². The average Bonchev–Trinajstić information content (AvgIpc) is 3.38. The van der Waals surface area contributed by atoms with Gasteiger partial charge in [-0.2, -0.15) is 5.26 Å². The van der Waals surface area contributed by atoms with Crippen LogP contribution in [0.5, 0.6) is 0 Å². The number of piperidine rings is 1. The molecule has 1 saturated carbocycles. The molecular weight excluding hydrogens is 264 g/mol. The van der Waals surface area contributed by atoms with Crippen molar-refractivity contribution < 1.29 is 4.79 Å². The largest absolute Gasteiger partial charge is 0.355 e. The Bertz CT molecular complexity index is 559. The number of rotatable bonds is 3. The molecule has 0 N–H and O–H groups in total. The van der Waals surface area contributed by atoms with Crippen LogP contribution < -0.4 is 4.90 Å². The van der Waals surface area contributed by atoms with Gasteiger partial charge in [0.1, 0.15) is 11.9 Å². The summed E-state index contributed by atoms with van der Waals surface area (Å²) in [5.74, 6) is 1.47. The number of hydrogen-bond donors (Lipinski definition) is 0. The highest BCUT2D eigenvalue weighted by atomic mass is 16.2. The smallest absolute Gasteiger partial charge is 0.225 e. The maximum absolute atomic E-state index is 12.2. The monoisotopic (exact) mass is 284 g/mol. The molecule has 1 amide bonds. The standard InChI is InChI=1S/C16H20N4O/c1-19(16(21)13-5-6-13)14-3-2-8-20(11-14)15-7-4-12(9-17)10-18-15/h4,7,10,13-14H,2-3,5-6,8,11H2,1H3. The number of anilines is 1. The molecule has 1 unspecified atom stereocenters. The van der Waals surface area contributed by atoms with E-state index in [1.165, 1.54) is 0 Å². The Kier molecular flexibility index (Phi) is 3.78. The Hall–Kier alpha value is -2.09. The topological polar surface area (TPSA) is 60.2 Å². The van der Waals surface area contributed by atoms with Gasteiger partial charge in [-0.3, -0.25) is 4.79 Å². The van der Waals surface area contributed by atoms with Gasteiger partial charge in [0, 0.05) is 38.3 Å². The fraction of sp³-hybridized carbons (Fsp3) is 0.562. The molecule has 3 rings (SSSR count). The summed E-state index contributed by atoms with van der Waals surface area (Å²) in [5, 5.41) is 8.82. The highest BCUT2D eigenvalue weighted by Crippen LogP contribution is 2.32. The van der Waals surface area contributed by atoms with Gasteiger partial charge in [-0.15, -0.1) is 0 Å². The molecule has 5 nitrogen and oxygen atoms in total. The average molecular weight is 284 g/mol. The Morgan fingerprint density at radius 3 is 2.86 bits per heavy atom. The van der Waals surface area contributed by atoms with Crippen LogP contribution in [0.25, 0.3) is 0 Å². The number of pyridine rings is 1. The summed E-state index contributed by atoms with van der Waals surface area (Å²) in [5.41, 5.74) is 0.577. The van der Waals surface area contributed by atoms with E-state index in [0.29, 0.717) is 11.5 Å². The van der Waals surface area contributed by atoms with Gasteiger partial charge in [0.15, 0.2) is 0 Å². The van der Waals surface area contributed by atoms with Gasteiger partial charge in [0.05, 0.1) is 5.56 Å². The number of hydrogen-bond acceptors (Lipinski definition) is 4. The molecule has 21 heavy (non-hydrogen) atoms. The van der Waals surface area contributed by atoms with Crippen molar-refractivity contribution in [2.75, 3.05) is 25.0 Å². The molecule has 5 heteroatoms. The van der Waals surface area contributed by atoms with Crippen LogP contribution in [0.3, 0.4) is 0 Å². The number of nitriles is 1. The molecule has 0 aromatic carbocycles. The Labute approximate surface area is 125 Å². The minimum atomic E-state index is 0.268. The summed E-state index contributed by atoms with van der Waals surface area (Å²) in [6.07, 6.45) is 5.84. The van der Waals surface area contributed by atoms with Gasteiger partial charge >= 0.3 is 0 Å². The van der Waals surface area contributed by atoms with Crippen LogP contribution in [0, 0.1) is 17.2 Å². The first-order valence-electron chi connectivity index (χ1n) is 7.57. The lowest BCUT2D eigenvalue weighted by Gasteiger charge is -2.38. The molecule has 0 spiro atoms. The summed E-state index contributed by atoms with van der Waals surface area (Å²) in [4.78, 5) is 20.7. The maximum atomic E-state index is 12.2. The van der Waals surface area contributed by atoms with Crippen LogP contribution in [-0.4, -0.2) is 42.0 Å². The summed E-state index contributed by atoms with van der Waals surface area (Å²) in [6.45, 7) is 1.79. The SMILES string of the molecule is CN(C(=O)C1CC1)C1CCCN(c2ccc(C#N)cn2)C1. The summed E-state index contributed by atoms with van der Waals surface area (Å²) in [6, 6.07) is 6.04. The lowest BCUT2D eigenvalue weighted by atomic mass is 10.0. The zero-order valence-corrected chi connectivity index (χ0v) is 12.3. The molecule has 110 valence electrons. The number of amides is 1. The molecule has 2 heterocycles. The quantitative estimate of drug-likeness (QED) is 0.849. The number of likely N-dealkylation sites (N-methyl/N-ethyl adjacent to an activating group) is 1. The van der Waals surface area contributed by atoms with Crippen molar-refractivity contribution in [3.05, 3.63) is 23.9 Å². The highest BCUT2D eigenvalue weighted by Gasteiger charge is 2.35. The lowest BCUT2D eigenvalue weighted by molar-refractivity contribution is -0.133. The van der Waals surface area contributed by atoms with Crippen LogP contribution >= 0.6 is 0 Å². The highest BCUT2D eigenvalue weighted by molar-refractivity contribution is 5.81. The number of nitrogens with zero attached hydrogens (tertiary/aromatic N) is 4. The lowest BCUT2D eigenvalue weighted by Crippen LogP contribution is -2.49.